The highest BCUT2D eigenvalue weighted by molar-refractivity contribution is 7.22. The molecule has 0 aliphatic heterocycles. The highest BCUT2D eigenvalue weighted by Gasteiger charge is 2.14. The van der Waals surface area contributed by atoms with Gasteiger partial charge in [-0.1, -0.05) is 40.9 Å². The molecule has 0 aliphatic rings. The molecule has 0 radical (unpaired) electrons. The van der Waals surface area contributed by atoms with Crippen molar-refractivity contribution in [2.45, 2.75) is 6.54 Å². The molecule has 6 nitrogen and oxygen atoms in total. The first-order valence-electron chi connectivity index (χ1n) is 7.11. The first kappa shape index (κ1) is 16.5. The number of halogens is 3. The fourth-order valence-corrected chi connectivity index (χ4v) is 3.69. The number of anilines is 1. The fraction of sp³-hybridized carbons (Fsp3) is 0.0667. The van der Waals surface area contributed by atoms with Crippen LogP contribution in [0, 0.1) is 0 Å². The van der Waals surface area contributed by atoms with Crippen molar-refractivity contribution in [3.05, 3.63) is 50.5 Å². The number of hydrogen-bond acceptors (Lipinski definition) is 6. The van der Waals surface area contributed by atoms with Crippen LogP contribution in [0.5, 0.6) is 0 Å². The smallest absolute Gasteiger partial charge is 0.200 e. The summed E-state index contributed by atoms with van der Waals surface area (Å²) < 4.78 is 0.636. The van der Waals surface area contributed by atoms with Gasteiger partial charge in [0.1, 0.15) is 17.0 Å². The van der Waals surface area contributed by atoms with E-state index in [9.17, 15) is 0 Å². The number of H-pyrrole nitrogens is 1. The third-order valence-electron chi connectivity index (χ3n) is 3.43. The first-order valence-corrected chi connectivity index (χ1v) is 9.06. The van der Waals surface area contributed by atoms with Crippen LogP contribution in [0.1, 0.15) is 5.56 Å². The molecular weight excluding hydrogens is 403 g/mol. The van der Waals surface area contributed by atoms with Gasteiger partial charge < -0.3 is 5.32 Å². The Morgan fingerprint density at radius 1 is 1.08 bits per heavy atom. The Balaban J connectivity index is 1.70. The van der Waals surface area contributed by atoms with E-state index >= 15 is 0 Å². The van der Waals surface area contributed by atoms with Gasteiger partial charge in [0, 0.05) is 6.54 Å². The number of nitrogens with zero attached hydrogens (tertiary/aromatic N) is 4. The Morgan fingerprint density at radius 3 is 2.72 bits per heavy atom. The van der Waals surface area contributed by atoms with Gasteiger partial charge in [0.15, 0.2) is 5.82 Å². The van der Waals surface area contributed by atoms with Crippen LogP contribution in [0.15, 0.2) is 30.6 Å². The highest BCUT2D eigenvalue weighted by Crippen LogP contribution is 2.33. The fourth-order valence-electron chi connectivity index (χ4n) is 2.28. The molecule has 0 unspecified atom stereocenters. The predicted octanol–water partition coefficient (Wildman–Crippen LogP) is 5.05. The van der Waals surface area contributed by atoms with Crippen molar-refractivity contribution in [3.8, 4) is 11.6 Å². The van der Waals surface area contributed by atoms with Gasteiger partial charge in [-0.15, -0.1) is 11.3 Å². The molecule has 25 heavy (non-hydrogen) atoms. The van der Waals surface area contributed by atoms with Crippen LogP contribution in [-0.4, -0.2) is 25.1 Å². The lowest BCUT2D eigenvalue weighted by molar-refractivity contribution is 1.06. The summed E-state index contributed by atoms with van der Waals surface area (Å²) in [7, 11) is 0. The number of benzene rings is 1. The maximum absolute atomic E-state index is 6.14. The maximum atomic E-state index is 6.14. The quantitative estimate of drug-likeness (QED) is 0.491. The topological polar surface area (TPSA) is 79.4 Å². The SMILES string of the molecule is Clc1cc2c(NCc3ccc(Cl)c(Cl)c3)nc(-c3ncn[nH]3)nc2s1. The molecule has 4 aromatic rings. The van der Waals surface area contributed by atoms with Gasteiger partial charge in [-0.05, 0) is 23.8 Å². The van der Waals surface area contributed by atoms with E-state index in [0.29, 0.717) is 38.4 Å². The molecule has 0 amide bonds. The number of fused-ring (bicyclic) bond motifs is 1. The van der Waals surface area contributed by atoms with Crippen LogP contribution in [0.2, 0.25) is 14.4 Å². The van der Waals surface area contributed by atoms with E-state index in [1.807, 2.05) is 18.2 Å². The van der Waals surface area contributed by atoms with Gasteiger partial charge in [-0.25, -0.2) is 15.0 Å². The number of nitrogens with one attached hydrogen (secondary N) is 2. The summed E-state index contributed by atoms with van der Waals surface area (Å²) in [6.07, 6.45) is 1.41. The van der Waals surface area contributed by atoms with E-state index in [-0.39, 0.29) is 0 Å². The van der Waals surface area contributed by atoms with Gasteiger partial charge >= 0.3 is 0 Å². The second-order valence-corrected chi connectivity index (χ2v) is 7.58. The van der Waals surface area contributed by atoms with E-state index in [1.165, 1.54) is 17.7 Å². The third-order valence-corrected chi connectivity index (χ3v) is 5.33. The number of aromatic amines is 1. The molecule has 2 N–H and O–H groups in total. The number of aromatic nitrogens is 5. The monoisotopic (exact) mass is 410 g/mol. The summed E-state index contributed by atoms with van der Waals surface area (Å²) >= 11 is 19.5. The summed E-state index contributed by atoms with van der Waals surface area (Å²) in [5.74, 6) is 1.59. The number of thiophene rings is 1. The molecular formula is C15H9Cl3N6S. The molecule has 3 heterocycles. The molecule has 3 aromatic heterocycles. The van der Waals surface area contributed by atoms with Crippen LogP contribution in [-0.2, 0) is 6.54 Å². The van der Waals surface area contributed by atoms with E-state index in [0.717, 1.165) is 15.8 Å². The summed E-state index contributed by atoms with van der Waals surface area (Å²) in [5, 5.41) is 11.8. The molecule has 0 bridgehead atoms. The Morgan fingerprint density at radius 2 is 1.96 bits per heavy atom. The summed E-state index contributed by atoms with van der Waals surface area (Å²) in [6.45, 7) is 0.520. The van der Waals surface area contributed by atoms with Crippen LogP contribution in [0.25, 0.3) is 21.9 Å². The third kappa shape index (κ3) is 3.41. The lowest BCUT2D eigenvalue weighted by Gasteiger charge is -2.09. The van der Waals surface area contributed by atoms with Crippen molar-refractivity contribution in [1.29, 1.82) is 0 Å². The van der Waals surface area contributed by atoms with Crippen molar-refractivity contribution < 1.29 is 0 Å². The van der Waals surface area contributed by atoms with E-state index < -0.39 is 0 Å². The van der Waals surface area contributed by atoms with Crippen molar-refractivity contribution >= 4 is 62.2 Å². The maximum Gasteiger partial charge on any atom is 0.200 e. The minimum absolute atomic E-state index is 0.445. The zero-order chi connectivity index (χ0) is 17.4. The highest BCUT2D eigenvalue weighted by atomic mass is 35.5. The lowest BCUT2D eigenvalue weighted by Crippen LogP contribution is -2.04. The molecule has 10 heteroatoms. The summed E-state index contributed by atoms with van der Waals surface area (Å²) in [4.78, 5) is 13.9. The zero-order valence-electron chi connectivity index (χ0n) is 12.4. The molecule has 0 atom stereocenters. The summed E-state index contributed by atoms with van der Waals surface area (Å²) in [5.41, 5.74) is 0.976. The van der Waals surface area contributed by atoms with Gasteiger partial charge in [0.2, 0.25) is 5.82 Å². The minimum Gasteiger partial charge on any atom is -0.365 e. The second-order valence-electron chi connectivity index (χ2n) is 5.10. The van der Waals surface area contributed by atoms with Crippen LogP contribution in [0.3, 0.4) is 0 Å². The Hall–Kier alpha value is -1.93. The molecule has 1 aromatic carbocycles. The van der Waals surface area contributed by atoms with Gasteiger partial charge in [0.25, 0.3) is 0 Å². The van der Waals surface area contributed by atoms with Crippen molar-refractivity contribution in [3.63, 3.8) is 0 Å². The molecule has 0 fully saturated rings. The second kappa shape index (κ2) is 6.76. The molecule has 126 valence electrons. The standard InChI is InChI=1S/C15H9Cl3N6S/c16-9-2-1-7(3-10(9)17)5-19-12-8-4-11(18)25-15(8)23-14(22-12)13-20-6-21-24-13/h1-4,6H,5H2,(H,19,22,23)(H,20,21,24). The van der Waals surface area contributed by atoms with Crippen LogP contribution in [0.4, 0.5) is 5.82 Å². The zero-order valence-corrected chi connectivity index (χ0v) is 15.5. The Kier molecular flexibility index (Phi) is 4.47. The van der Waals surface area contributed by atoms with Crippen molar-refractivity contribution in [2.24, 2.45) is 0 Å². The Labute approximate surface area is 161 Å². The number of hydrogen-bond donors (Lipinski definition) is 2. The van der Waals surface area contributed by atoms with E-state index in [1.54, 1.807) is 6.07 Å². The average molecular weight is 412 g/mol. The van der Waals surface area contributed by atoms with Gasteiger partial charge in [-0.2, -0.15) is 5.10 Å². The predicted molar refractivity (Wildman–Crippen MR) is 102 cm³/mol. The first-order chi connectivity index (χ1) is 12.1. The van der Waals surface area contributed by atoms with Crippen LogP contribution < -0.4 is 5.32 Å². The van der Waals surface area contributed by atoms with Crippen LogP contribution >= 0.6 is 46.1 Å². The molecule has 0 aliphatic carbocycles. The molecule has 0 spiro atoms. The summed E-state index contributed by atoms with van der Waals surface area (Å²) in [6, 6.07) is 7.31. The van der Waals surface area contributed by atoms with E-state index in [4.69, 9.17) is 34.8 Å². The van der Waals surface area contributed by atoms with E-state index in [2.05, 4.69) is 30.5 Å². The molecule has 0 saturated carbocycles. The molecule has 4 rings (SSSR count). The Bertz CT molecular complexity index is 1050. The van der Waals surface area contributed by atoms with Crippen molar-refractivity contribution in [2.75, 3.05) is 5.32 Å². The van der Waals surface area contributed by atoms with Gasteiger partial charge in [0.05, 0.1) is 19.8 Å². The number of rotatable bonds is 4. The largest absolute Gasteiger partial charge is 0.365 e. The van der Waals surface area contributed by atoms with Gasteiger partial charge in [-0.3, -0.25) is 5.10 Å². The van der Waals surface area contributed by atoms with Crippen molar-refractivity contribution in [1.82, 2.24) is 25.1 Å². The minimum atomic E-state index is 0.445. The molecule has 0 saturated heterocycles. The normalized spacial score (nSPS) is 11.2. The average Bonchev–Trinajstić information content (AvgIpc) is 3.24. The lowest BCUT2D eigenvalue weighted by atomic mass is 10.2.